The Morgan fingerprint density at radius 3 is 2.27 bits per heavy atom. The van der Waals surface area contributed by atoms with Crippen molar-refractivity contribution in [1.29, 1.82) is 0 Å². The molecule has 0 radical (unpaired) electrons. The summed E-state index contributed by atoms with van der Waals surface area (Å²) in [6.45, 7) is 7.89. The molecule has 0 aliphatic carbocycles. The first-order valence-electron chi connectivity index (χ1n) is 6.63. The van der Waals surface area contributed by atoms with Crippen LogP contribution in [0.1, 0.15) is 52.4 Å². The molecule has 0 aliphatic heterocycles. The second kappa shape index (κ2) is 10.4. The van der Waals surface area contributed by atoms with E-state index in [1.54, 1.807) is 0 Å². The molecule has 0 aromatic carbocycles. The van der Waals surface area contributed by atoms with Crippen LogP contribution < -0.4 is 5.73 Å². The molecule has 0 saturated heterocycles. The third kappa shape index (κ3) is 8.88. The lowest BCUT2D eigenvalue weighted by molar-refractivity contribution is 0.302. The molecule has 0 amide bonds. The Labute approximate surface area is 96.2 Å². The Bertz CT molecular complexity index is 126. The van der Waals surface area contributed by atoms with Gasteiger partial charge >= 0.3 is 0 Å². The van der Waals surface area contributed by atoms with Crippen LogP contribution >= 0.6 is 0 Å². The first-order chi connectivity index (χ1) is 7.24. The Kier molecular flexibility index (Phi) is 10.4. The van der Waals surface area contributed by atoms with Crippen LogP contribution in [0, 0.1) is 5.92 Å². The fraction of sp³-hybridized carbons (Fsp3) is 1.00. The molecule has 0 heterocycles. The number of hydrogen-bond donors (Lipinski definition) is 1. The van der Waals surface area contributed by atoms with Crippen molar-refractivity contribution in [3.63, 3.8) is 0 Å². The molecular formula is C13H30N2. The lowest BCUT2D eigenvalue weighted by Crippen LogP contribution is -2.21. The van der Waals surface area contributed by atoms with Gasteiger partial charge in [-0.3, -0.25) is 0 Å². The highest BCUT2D eigenvalue weighted by atomic mass is 15.1. The van der Waals surface area contributed by atoms with E-state index in [4.69, 9.17) is 5.73 Å². The lowest BCUT2D eigenvalue weighted by Gasteiger charge is -2.18. The van der Waals surface area contributed by atoms with Crippen molar-refractivity contribution in [2.45, 2.75) is 52.4 Å². The quantitative estimate of drug-likeness (QED) is 0.606. The summed E-state index contributed by atoms with van der Waals surface area (Å²) in [5.41, 5.74) is 5.59. The van der Waals surface area contributed by atoms with E-state index in [9.17, 15) is 0 Å². The van der Waals surface area contributed by atoms with Crippen molar-refractivity contribution in [3.8, 4) is 0 Å². The van der Waals surface area contributed by atoms with Gasteiger partial charge in [0.05, 0.1) is 0 Å². The smallest absolute Gasteiger partial charge is 0.00217 e. The molecule has 0 aromatic rings. The summed E-state index contributed by atoms with van der Waals surface area (Å²) >= 11 is 0. The van der Waals surface area contributed by atoms with Gasteiger partial charge in [-0.2, -0.15) is 0 Å². The second-order valence-electron chi connectivity index (χ2n) is 4.65. The van der Waals surface area contributed by atoms with Gasteiger partial charge in [-0.1, -0.05) is 26.7 Å². The van der Waals surface area contributed by atoms with Gasteiger partial charge < -0.3 is 10.6 Å². The third-order valence-corrected chi connectivity index (χ3v) is 3.20. The average molecular weight is 214 g/mol. The summed E-state index contributed by atoms with van der Waals surface area (Å²) in [5, 5.41) is 0. The van der Waals surface area contributed by atoms with Crippen molar-refractivity contribution in [1.82, 2.24) is 4.90 Å². The second-order valence-corrected chi connectivity index (χ2v) is 4.65. The van der Waals surface area contributed by atoms with E-state index in [-0.39, 0.29) is 0 Å². The monoisotopic (exact) mass is 214 g/mol. The molecule has 0 saturated carbocycles. The summed E-state index contributed by atoms with van der Waals surface area (Å²) in [6.07, 6.45) is 7.81. The van der Waals surface area contributed by atoms with Gasteiger partial charge in [0.2, 0.25) is 0 Å². The van der Waals surface area contributed by atoms with Gasteiger partial charge in [-0.05, 0) is 58.3 Å². The molecule has 2 N–H and O–H groups in total. The van der Waals surface area contributed by atoms with Crippen LogP contribution in [-0.2, 0) is 0 Å². The van der Waals surface area contributed by atoms with Crippen LogP contribution in [0.2, 0.25) is 0 Å². The summed E-state index contributed by atoms with van der Waals surface area (Å²) < 4.78 is 0. The van der Waals surface area contributed by atoms with Crippen molar-refractivity contribution in [2.75, 3.05) is 26.7 Å². The molecule has 92 valence electrons. The Morgan fingerprint density at radius 1 is 1.07 bits per heavy atom. The van der Waals surface area contributed by atoms with Crippen LogP contribution in [0.15, 0.2) is 0 Å². The van der Waals surface area contributed by atoms with E-state index in [1.165, 1.54) is 51.6 Å². The third-order valence-electron chi connectivity index (χ3n) is 3.20. The summed E-state index contributed by atoms with van der Waals surface area (Å²) in [5.74, 6) is 0.856. The highest BCUT2D eigenvalue weighted by molar-refractivity contribution is 4.60. The maximum atomic E-state index is 5.59. The molecule has 1 atom stereocenters. The van der Waals surface area contributed by atoms with E-state index in [2.05, 4.69) is 25.8 Å². The first-order valence-corrected chi connectivity index (χ1v) is 6.63. The van der Waals surface area contributed by atoms with Gasteiger partial charge in [0, 0.05) is 0 Å². The maximum Gasteiger partial charge on any atom is -0.00217 e. The number of hydrogen-bond acceptors (Lipinski definition) is 2. The molecule has 0 rings (SSSR count). The van der Waals surface area contributed by atoms with Crippen LogP contribution in [0.25, 0.3) is 0 Å². The molecular weight excluding hydrogens is 184 g/mol. The lowest BCUT2D eigenvalue weighted by atomic mass is 9.96. The van der Waals surface area contributed by atoms with E-state index >= 15 is 0 Å². The Hall–Kier alpha value is -0.0800. The van der Waals surface area contributed by atoms with Crippen LogP contribution in [0.3, 0.4) is 0 Å². The molecule has 0 aromatic heterocycles. The summed E-state index contributed by atoms with van der Waals surface area (Å²) in [4.78, 5) is 2.46. The van der Waals surface area contributed by atoms with Crippen molar-refractivity contribution in [3.05, 3.63) is 0 Å². The molecule has 0 bridgehead atoms. The van der Waals surface area contributed by atoms with Gasteiger partial charge in [0.15, 0.2) is 0 Å². The largest absolute Gasteiger partial charge is 0.330 e. The minimum atomic E-state index is 0.851. The Morgan fingerprint density at radius 2 is 1.73 bits per heavy atom. The highest BCUT2D eigenvalue weighted by Crippen LogP contribution is 2.14. The number of nitrogens with two attached hydrogens (primary N) is 1. The maximum absolute atomic E-state index is 5.59. The van der Waals surface area contributed by atoms with Gasteiger partial charge in [-0.25, -0.2) is 0 Å². The summed E-state index contributed by atoms with van der Waals surface area (Å²) in [6, 6.07) is 0. The fourth-order valence-electron chi connectivity index (χ4n) is 1.98. The molecule has 2 heteroatoms. The predicted molar refractivity (Wildman–Crippen MR) is 69.1 cm³/mol. The van der Waals surface area contributed by atoms with Crippen LogP contribution in [-0.4, -0.2) is 31.6 Å². The molecule has 0 aliphatic rings. The van der Waals surface area contributed by atoms with Crippen LogP contribution in [0.4, 0.5) is 0 Å². The standard InChI is InChI=1S/C13H30N2/c1-4-6-11-15(3)12-7-8-13(5-2)9-10-14/h13H,4-12,14H2,1-3H3. The van der Waals surface area contributed by atoms with Gasteiger partial charge in [0.25, 0.3) is 0 Å². The molecule has 2 nitrogen and oxygen atoms in total. The minimum absolute atomic E-state index is 0.851. The van der Waals surface area contributed by atoms with Crippen molar-refractivity contribution in [2.24, 2.45) is 11.7 Å². The fourth-order valence-corrected chi connectivity index (χ4v) is 1.98. The number of unbranched alkanes of at least 4 members (excludes halogenated alkanes) is 1. The zero-order valence-corrected chi connectivity index (χ0v) is 11.0. The Balaban J connectivity index is 3.41. The number of nitrogens with zero attached hydrogens (tertiary/aromatic N) is 1. The van der Waals surface area contributed by atoms with Gasteiger partial charge in [0.1, 0.15) is 0 Å². The SMILES string of the molecule is CCCCN(C)CCCC(CC)CCN. The van der Waals surface area contributed by atoms with Crippen molar-refractivity contribution < 1.29 is 0 Å². The van der Waals surface area contributed by atoms with Crippen LogP contribution in [0.5, 0.6) is 0 Å². The zero-order valence-electron chi connectivity index (χ0n) is 11.0. The van der Waals surface area contributed by atoms with Gasteiger partial charge in [-0.15, -0.1) is 0 Å². The van der Waals surface area contributed by atoms with E-state index in [1.807, 2.05) is 0 Å². The normalized spacial score (nSPS) is 13.4. The topological polar surface area (TPSA) is 29.3 Å². The summed E-state index contributed by atoms with van der Waals surface area (Å²) in [7, 11) is 2.24. The van der Waals surface area contributed by atoms with E-state index in [0.717, 1.165) is 12.5 Å². The molecule has 0 spiro atoms. The van der Waals surface area contributed by atoms with E-state index in [0.29, 0.717) is 0 Å². The highest BCUT2D eigenvalue weighted by Gasteiger charge is 2.05. The number of rotatable bonds is 10. The first kappa shape index (κ1) is 14.9. The molecule has 0 fully saturated rings. The van der Waals surface area contributed by atoms with E-state index < -0.39 is 0 Å². The average Bonchev–Trinajstić information content (AvgIpc) is 2.25. The molecule has 15 heavy (non-hydrogen) atoms. The van der Waals surface area contributed by atoms with Crippen molar-refractivity contribution >= 4 is 0 Å². The zero-order chi connectivity index (χ0) is 11.5. The molecule has 1 unspecified atom stereocenters. The minimum Gasteiger partial charge on any atom is -0.330 e. The predicted octanol–water partition coefficient (Wildman–Crippen LogP) is 2.87.